The van der Waals surface area contributed by atoms with Crippen molar-refractivity contribution in [2.75, 3.05) is 20.1 Å². The third-order valence-electron chi connectivity index (χ3n) is 5.67. The number of aliphatic imine (C=N–C) groups is 1. The molecule has 3 rings (SSSR count). The van der Waals surface area contributed by atoms with Crippen molar-refractivity contribution in [1.82, 2.24) is 10.2 Å². The first-order chi connectivity index (χ1) is 15.1. The first kappa shape index (κ1) is 22.6. The number of benzene rings is 2. The standard InChI is InChI=1S/C28H35N3/c1-6-9-22-10-12-23(13-11-22)24-14-15-25-18-26(20-28(29-5)30-27(25)19-24)21(4)31(16-7-2)17-8-3/h6,10-15,18-19H,1,4,7-9,16-17,20H2,2-3,5H3,(H,29,30). The van der Waals surface area contributed by atoms with Crippen molar-refractivity contribution in [2.45, 2.75) is 39.5 Å². The maximum Gasteiger partial charge on any atom is 0.106 e. The summed E-state index contributed by atoms with van der Waals surface area (Å²) in [5, 5.41) is 3.29. The van der Waals surface area contributed by atoms with Gasteiger partial charge in [0.15, 0.2) is 0 Å². The predicted molar refractivity (Wildman–Crippen MR) is 136 cm³/mol. The van der Waals surface area contributed by atoms with Crippen LogP contribution < -0.4 is 5.32 Å². The minimum atomic E-state index is 0.763. The van der Waals surface area contributed by atoms with Gasteiger partial charge in [0.1, 0.15) is 5.84 Å². The lowest BCUT2D eigenvalue weighted by Crippen LogP contribution is -2.27. The Bertz CT molecular complexity index is 974. The third kappa shape index (κ3) is 5.55. The molecular weight excluding hydrogens is 378 g/mol. The fourth-order valence-corrected chi connectivity index (χ4v) is 4.00. The molecule has 3 heteroatoms. The molecule has 0 unspecified atom stereocenters. The van der Waals surface area contributed by atoms with Gasteiger partial charge in [0.25, 0.3) is 0 Å². The average Bonchev–Trinajstić information content (AvgIpc) is 2.98. The normalized spacial score (nSPS) is 12.9. The molecule has 31 heavy (non-hydrogen) atoms. The number of nitrogens with one attached hydrogen (secondary N) is 1. The number of fused-ring (bicyclic) bond motifs is 1. The van der Waals surface area contributed by atoms with E-state index in [0.717, 1.165) is 61.6 Å². The van der Waals surface area contributed by atoms with Gasteiger partial charge in [-0.25, -0.2) is 4.99 Å². The van der Waals surface area contributed by atoms with Gasteiger partial charge in [-0.2, -0.15) is 0 Å². The summed E-state index contributed by atoms with van der Waals surface area (Å²) < 4.78 is 0. The van der Waals surface area contributed by atoms with Gasteiger partial charge in [0.2, 0.25) is 0 Å². The highest BCUT2D eigenvalue weighted by atomic mass is 15.1. The summed E-state index contributed by atoms with van der Waals surface area (Å²) in [5.74, 6) is 0.970. The van der Waals surface area contributed by atoms with E-state index in [1.54, 1.807) is 0 Å². The Morgan fingerprint density at radius 1 is 1.06 bits per heavy atom. The molecule has 1 aliphatic rings. The summed E-state index contributed by atoms with van der Waals surface area (Å²) in [7, 11) is 1.95. The van der Waals surface area contributed by atoms with Crippen molar-refractivity contribution in [2.24, 2.45) is 4.99 Å². The van der Waals surface area contributed by atoms with Crippen LogP contribution in [0.4, 0.5) is 5.69 Å². The van der Waals surface area contributed by atoms with Crippen LogP contribution in [-0.4, -0.2) is 30.9 Å². The van der Waals surface area contributed by atoms with E-state index in [4.69, 9.17) is 4.99 Å². The molecular formula is C28H35N3. The Balaban J connectivity index is 1.96. The Morgan fingerprint density at radius 3 is 2.35 bits per heavy atom. The molecule has 1 N–H and O–H groups in total. The largest absolute Gasteiger partial charge is 0.376 e. The van der Waals surface area contributed by atoms with Crippen molar-refractivity contribution in [3.05, 3.63) is 84.1 Å². The van der Waals surface area contributed by atoms with E-state index in [-0.39, 0.29) is 0 Å². The van der Waals surface area contributed by atoms with Crippen LogP contribution in [0.1, 0.15) is 44.2 Å². The van der Waals surface area contributed by atoms with E-state index in [0.29, 0.717) is 0 Å². The molecule has 2 aromatic carbocycles. The van der Waals surface area contributed by atoms with Crippen LogP contribution >= 0.6 is 0 Å². The van der Waals surface area contributed by atoms with Crippen LogP contribution in [0.5, 0.6) is 0 Å². The van der Waals surface area contributed by atoms with Crippen molar-refractivity contribution in [1.29, 1.82) is 0 Å². The van der Waals surface area contributed by atoms with Gasteiger partial charge >= 0.3 is 0 Å². The van der Waals surface area contributed by atoms with E-state index < -0.39 is 0 Å². The topological polar surface area (TPSA) is 27.6 Å². The van der Waals surface area contributed by atoms with Crippen molar-refractivity contribution in [3.8, 4) is 11.1 Å². The molecule has 3 nitrogen and oxygen atoms in total. The number of allylic oxidation sites excluding steroid dienone is 2. The summed E-state index contributed by atoms with van der Waals surface area (Å²) in [6, 6.07) is 15.3. The Labute approximate surface area is 187 Å². The molecule has 0 radical (unpaired) electrons. The summed E-state index contributed by atoms with van der Waals surface area (Å²) in [5.41, 5.74) is 8.14. The quantitative estimate of drug-likeness (QED) is 0.460. The van der Waals surface area contributed by atoms with Crippen molar-refractivity contribution >= 4 is 17.6 Å². The van der Waals surface area contributed by atoms with Crippen molar-refractivity contribution in [3.63, 3.8) is 0 Å². The van der Waals surface area contributed by atoms with Gasteiger partial charge in [0.05, 0.1) is 5.69 Å². The lowest BCUT2D eigenvalue weighted by molar-refractivity contribution is 0.351. The van der Waals surface area contributed by atoms with Gasteiger partial charge in [0, 0.05) is 37.8 Å². The van der Waals surface area contributed by atoms with E-state index in [1.165, 1.54) is 22.3 Å². The van der Waals surface area contributed by atoms with Gasteiger partial charge in [-0.3, -0.25) is 0 Å². The summed E-state index contributed by atoms with van der Waals surface area (Å²) in [6.45, 7) is 14.8. The summed E-state index contributed by atoms with van der Waals surface area (Å²) in [6.07, 6.45) is 8.09. The van der Waals surface area contributed by atoms with E-state index in [9.17, 15) is 0 Å². The molecule has 0 aliphatic carbocycles. The van der Waals surface area contributed by atoms with Crippen LogP contribution in [0, 0.1) is 0 Å². The molecule has 0 spiro atoms. The van der Waals surface area contributed by atoms with Crippen LogP contribution in [0.2, 0.25) is 0 Å². The second kappa shape index (κ2) is 10.8. The highest BCUT2D eigenvalue weighted by molar-refractivity contribution is 5.92. The molecule has 2 aromatic rings. The number of hydrogen-bond acceptors (Lipinski definition) is 3. The maximum absolute atomic E-state index is 4.96. The molecule has 0 saturated carbocycles. The van der Waals surface area contributed by atoms with E-state index >= 15 is 0 Å². The van der Waals surface area contributed by atoms with E-state index in [1.807, 2.05) is 13.1 Å². The number of nitrogens with zero attached hydrogens (tertiary/aromatic N) is 2. The Morgan fingerprint density at radius 2 is 1.74 bits per heavy atom. The number of amidine groups is 1. The molecule has 162 valence electrons. The lowest BCUT2D eigenvalue weighted by atomic mass is 9.99. The fourth-order valence-electron chi connectivity index (χ4n) is 4.00. The highest BCUT2D eigenvalue weighted by Gasteiger charge is 2.17. The Kier molecular flexibility index (Phi) is 7.88. The highest BCUT2D eigenvalue weighted by Crippen LogP contribution is 2.34. The molecule has 1 heterocycles. The summed E-state index contributed by atoms with van der Waals surface area (Å²) in [4.78, 5) is 7.36. The van der Waals surface area contributed by atoms with Crippen LogP contribution in [-0.2, 0) is 6.42 Å². The molecule has 1 aliphatic heterocycles. The van der Waals surface area contributed by atoms with Crippen LogP contribution in [0.15, 0.2) is 78.0 Å². The second-order valence-electron chi connectivity index (χ2n) is 8.05. The molecule has 0 saturated heterocycles. The SMILES string of the molecule is C=CCc1ccc(-c2ccc3c(c2)N=C(NC)CC(C(=C)N(CCC)CCC)=C3)cc1. The fraction of sp³-hybridized carbons (Fsp3) is 0.321. The van der Waals surface area contributed by atoms with Crippen molar-refractivity contribution < 1.29 is 0 Å². The second-order valence-corrected chi connectivity index (χ2v) is 8.05. The van der Waals surface area contributed by atoms with Crippen LogP contribution in [0.25, 0.3) is 17.2 Å². The Hall–Kier alpha value is -3.07. The van der Waals surface area contributed by atoms with Gasteiger partial charge in [-0.15, -0.1) is 6.58 Å². The zero-order chi connectivity index (χ0) is 22.2. The van der Waals surface area contributed by atoms with Gasteiger partial charge < -0.3 is 10.2 Å². The molecule has 0 atom stereocenters. The lowest BCUT2D eigenvalue weighted by Gasteiger charge is -2.27. The molecule has 0 bridgehead atoms. The molecule has 0 amide bonds. The minimum absolute atomic E-state index is 0.763. The smallest absolute Gasteiger partial charge is 0.106 e. The number of rotatable bonds is 9. The molecule has 0 aromatic heterocycles. The first-order valence-electron chi connectivity index (χ1n) is 11.3. The monoisotopic (exact) mass is 413 g/mol. The minimum Gasteiger partial charge on any atom is -0.376 e. The number of hydrogen-bond donors (Lipinski definition) is 1. The zero-order valence-electron chi connectivity index (χ0n) is 19.2. The first-order valence-corrected chi connectivity index (χ1v) is 11.3. The van der Waals surface area contributed by atoms with Gasteiger partial charge in [-0.05, 0) is 53.7 Å². The van der Waals surface area contributed by atoms with E-state index in [2.05, 4.69) is 85.8 Å². The average molecular weight is 414 g/mol. The molecule has 0 fully saturated rings. The predicted octanol–water partition coefficient (Wildman–Crippen LogP) is 6.75. The third-order valence-corrected chi connectivity index (χ3v) is 5.67. The zero-order valence-corrected chi connectivity index (χ0v) is 19.2. The maximum atomic E-state index is 4.96. The summed E-state index contributed by atoms with van der Waals surface area (Å²) >= 11 is 0. The van der Waals surface area contributed by atoms with Gasteiger partial charge in [-0.1, -0.05) is 62.9 Å². The van der Waals surface area contributed by atoms with Crippen LogP contribution in [0.3, 0.4) is 0 Å².